The van der Waals surface area contributed by atoms with Gasteiger partial charge in [-0.2, -0.15) is 0 Å². The molecule has 2 N–H and O–H groups in total. The fourth-order valence-corrected chi connectivity index (χ4v) is 3.42. The van der Waals surface area contributed by atoms with Crippen LogP contribution < -0.4 is 0 Å². The minimum atomic E-state index is -1.00. The van der Waals surface area contributed by atoms with Crippen molar-refractivity contribution in [2.75, 3.05) is 0 Å². The Hall–Kier alpha value is -3.44. The maximum Gasteiger partial charge on any atom is 0.307 e. The molecule has 0 fully saturated rings. The van der Waals surface area contributed by atoms with E-state index in [0.29, 0.717) is 27.1 Å². The molecule has 0 spiro atoms. The van der Waals surface area contributed by atoms with Crippen molar-refractivity contribution in [3.8, 4) is 11.1 Å². The van der Waals surface area contributed by atoms with Crippen molar-refractivity contribution in [2.24, 2.45) is 0 Å². The molecule has 6 heteroatoms. The van der Waals surface area contributed by atoms with Crippen molar-refractivity contribution in [1.29, 1.82) is 0 Å². The van der Waals surface area contributed by atoms with Gasteiger partial charge >= 0.3 is 5.97 Å². The molecular formula is C22H15ClN2O3. The number of fused-ring (bicyclic) bond motifs is 1. The molecule has 0 unspecified atom stereocenters. The molecule has 0 atom stereocenters. The zero-order chi connectivity index (χ0) is 19.7. The number of ketones is 1. The van der Waals surface area contributed by atoms with Crippen molar-refractivity contribution < 1.29 is 14.7 Å². The number of carbonyl (C=O) groups is 2. The summed E-state index contributed by atoms with van der Waals surface area (Å²) in [5.74, 6) is -1.27. The topological polar surface area (TPSA) is 83.0 Å². The Kier molecular flexibility index (Phi) is 4.67. The first-order valence-corrected chi connectivity index (χ1v) is 8.98. The molecule has 0 saturated heterocycles. The zero-order valence-corrected chi connectivity index (χ0v) is 15.4. The van der Waals surface area contributed by atoms with Gasteiger partial charge in [0, 0.05) is 39.4 Å². The Morgan fingerprint density at radius 1 is 1.04 bits per heavy atom. The molecular weight excluding hydrogens is 376 g/mol. The third-order valence-electron chi connectivity index (χ3n) is 4.57. The Bertz CT molecular complexity index is 1180. The molecule has 0 saturated carbocycles. The lowest BCUT2D eigenvalue weighted by Gasteiger charge is -2.05. The van der Waals surface area contributed by atoms with Gasteiger partial charge < -0.3 is 10.1 Å². The molecule has 2 aromatic heterocycles. The molecule has 0 aliphatic rings. The molecule has 5 nitrogen and oxygen atoms in total. The number of carbonyl (C=O) groups excluding carboxylic acids is 1. The number of benzene rings is 2. The minimum absolute atomic E-state index is 0.253. The molecule has 0 aliphatic carbocycles. The fourth-order valence-electron chi connectivity index (χ4n) is 3.25. The molecule has 138 valence electrons. The smallest absolute Gasteiger partial charge is 0.307 e. The first-order valence-electron chi connectivity index (χ1n) is 8.60. The van der Waals surface area contributed by atoms with Gasteiger partial charge in [-0.25, -0.2) is 0 Å². The van der Waals surface area contributed by atoms with Crippen molar-refractivity contribution >= 4 is 34.3 Å². The van der Waals surface area contributed by atoms with Crippen LogP contribution in [0.5, 0.6) is 0 Å². The number of aliphatic carboxylic acids is 1. The highest BCUT2D eigenvalue weighted by Gasteiger charge is 2.21. The lowest BCUT2D eigenvalue weighted by Crippen LogP contribution is -2.08. The summed E-state index contributed by atoms with van der Waals surface area (Å²) in [6, 6.07) is 16.0. The van der Waals surface area contributed by atoms with Gasteiger partial charge in [-0.05, 0) is 29.3 Å². The number of rotatable bonds is 5. The van der Waals surface area contributed by atoms with E-state index in [9.17, 15) is 14.7 Å². The van der Waals surface area contributed by atoms with Gasteiger partial charge in [0.25, 0.3) is 0 Å². The minimum Gasteiger partial charge on any atom is -0.481 e. The quantitative estimate of drug-likeness (QED) is 0.482. The van der Waals surface area contributed by atoms with Gasteiger partial charge in [-0.15, -0.1) is 0 Å². The number of hydrogen-bond donors (Lipinski definition) is 2. The largest absolute Gasteiger partial charge is 0.481 e. The molecule has 28 heavy (non-hydrogen) atoms. The van der Waals surface area contributed by atoms with Crippen molar-refractivity contribution in [3.05, 3.63) is 88.8 Å². The van der Waals surface area contributed by atoms with Gasteiger partial charge in [-0.1, -0.05) is 48.0 Å². The number of nitrogens with one attached hydrogen (secondary N) is 1. The van der Waals surface area contributed by atoms with Gasteiger partial charge in [0.2, 0.25) is 5.78 Å². The SMILES string of the molecule is O=C(O)Cc1c(C(=O)c2ccc(-c3cccnc3)cc2)[nH]c2cc(Cl)ccc12. The van der Waals surface area contributed by atoms with Crippen molar-refractivity contribution in [1.82, 2.24) is 9.97 Å². The monoisotopic (exact) mass is 390 g/mol. The van der Waals surface area contributed by atoms with Crippen LogP contribution in [-0.4, -0.2) is 26.8 Å². The van der Waals surface area contributed by atoms with E-state index >= 15 is 0 Å². The Morgan fingerprint density at radius 3 is 2.50 bits per heavy atom. The maximum atomic E-state index is 13.1. The van der Waals surface area contributed by atoms with Crippen molar-refractivity contribution in [2.45, 2.75) is 6.42 Å². The summed E-state index contributed by atoms with van der Waals surface area (Å²) in [5.41, 5.74) is 3.73. The van der Waals surface area contributed by atoms with Crippen LogP contribution in [0.1, 0.15) is 21.6 Å². The van der Waals surface area contributed by atoms with Crippen LogP contribution in [0.4, 0.5) is 0 Å². The van der Waals surface area contributed by atoms with E-state index in [4.69, 9.17) is 11.6 Å². The number of aromatic nitrogens is 2. The van der Waals surface area contributed by atoms with Gasteiger partial charge in [0.15, 0.2) is 0 Å². The zero-order valence-electron chi connectivity index (χ0n) is 14.6. The molecule has 4 aromatic rings. The summed E-state index contributed by atoms with van der Waals surface area (Å²) in [6.45, 7) is 0. The summed E-state index contributed by atoms with van der Waals surface area (Å²) in [7, 11) is 0. The van der Waals surface area contributed by atoms with E-state index in [2.05, 4.69) is 9.97 Å². The predicted molar refractivity (Wildman–Crippen MR) is 108 cm³/mol. The van der Waals surface area contributed by atoms with Crippen LogP contribution >= 0.6 is 11.6 Å². The number of carboxylic acids is 1. The average Bonchev–Trinajstić information content (AvgIpc) is 3.05. The molecule has 0 radical (unpaired) electrons. The van der Waals surface area contributed by atoms with Crippen LogP contribution in [-0.2, 0) is 11.2 Å². The second-order valence-electron chi connectivity index (χ2n) is 6.39. The molecule has 0 amide bonds. The third kappa shape index (κ3) is 3.40. The molecule has 2 heterocycles. The first-order chi connectivity index (χ1) is 13.5. The number of carboxylic acid groups (broad SMARTS) is 1. The van der Waals surface area contributed by atoms with E-state index in [1.165, 1.54) is 0 Å². The van der Waals surface area contributed by atoms with E-state index in [-0.39, 0.29) is 17.9 Å². The fraction of sp³-hybridized carbons (Fsp3) is 0.0455. The number of nitrogens with zero attached hydrogens (tertiary/aromatic N) is 1. The highest BCUT2D eigenvalue weighted by atomic mass is 35.5. The van der Waals surface area contributed by atoms with Crippen LogP contribution in [0.25, 0.3) is 22.0 Å². The number of aromatic amines is 1. The van der Waals surface area contributed by atoms with Crippen LogP contribution in [0, 0.1) is 0 Å². The van der Waals surface area contributed by atoms with Gasteiger partial charge in [0.1, 0.15) is 0 Å². The molecule has 0 aliphatic heterocycles. The van der Waals surface area contributed by atoms with E-state index < -0.39 is 5.97 Å². The average molecular weight is 391 g/mol. The predicted octanol–water partition coefficient (Wildman–Crippen LogP) is 4.74. The first kappa shape index (κ1) is 17.9. The van der Waals surface area contributed by atoms with E-state index in [1.807, 2.05) is 24.3 Å². The number of hydrogen-bond acceptors (Lipinski definition) is 3. The standard InChI is InChI=1S/C22H15ClN2O3/c23-16-7-8-17-18(11-20(26)27)21(25-19(17)10-16)22(28)14-5-3-13(4-6-14)15-2-1-9-24-12-15/h1-10,12,25H,11H2,(H,26,27). The number of pyridine rings is 1. The van der Waals surface area contributed by atoms with Crippen LogP contribution in [0.2, 0.25) is 5.02 Å². The van der Waals surface area contributed by atoms with Crippen molar-refractivity contribution in [3.63, 3.8) is 0 Å². The summed E-state index contributed by atoms with van der Waals surface area (Å²) in [6.07, 6.45) is 3.20. The van der Waals surface area contributed by atoms with Gasteiger partial charge in [0.05, 0.1) is 12.1 Å². The molecule has 0 bridgehead atoms. The van der Waals surface area contributed by atoms with Gasteiger partial charge in [-0.3, -0.25) is 14.6 Å². The Balaban J connectivity index is 1.75. The summed E-state index contributed by atoms with van der Waals surface area (Å²) < 4.78 is 0. The Labute approximate surface area is 165 Å². The third-order valence-corrected chi connectivity index (χ3v) is 4.80. The second-order valence-corrected chi connectivity index (χ2v) is 6.82. The number of halogens is 1. The summed E-state index contributed by atoms with van der Waals surface area (Å²) in [5, 5.41) is 10.5. The highest BCUT2D eigenvalue weighted by Crippen LogP contribution is 2.28. The summed E-state index contributed by atoms with van der Waals surface area (Å²) >= 11 is 6.03. The number of H-pyrrole nitrogens is 1. The van der Waals surface area contributed by atoms with Crippen LogP contribution in [0.3, 0.4) is 0 Å². The highest BCUT2D eigenvalue weighted by molar-refractivity contribution is 6.31. The van der Waals surface area contributed by atoms with E-state index in [1.54, 1.807) is 42.7 Å². The summed E-state index contributed by atoms with van der Waals surface area (Å²) in [4.78, 5) is 31.6. The lowest BCUT2D eigenvalue weighted by atomic mass is 9.99. The van der Waals surface area contributed by atoms with Crippen LogP contribution in [0.15, 0.2) is 67.0 Å². The molecule has 2 aromatic carbocycles. The Morgan fingerprint density at radius 2 is 1.82 bits per heavy atom. The normalized spacial score (nSPS) is 10.9. The molecule has 4 rings (SSSR count). The lowest BCUT2D eigenvalue weighted by molar-refractivity contribution is -0.136. The van der Waals surface area contributed by atoms with E-state index in [0.717, 1.165) is 11.1 Å². The maximum absolute atomic E-state index is 13.1. The second kappa shape index (κ2) is 7.29.